The van der Waals surface area contributed by atoms with Crippen LogP contribution in [0.5, 0.6) is 0 Å². The Labute approximate surface area is 431 Å². The van der Waals surface area contributed by atoms with Crippen molar-refractivity contribution in [3.8, 4) is 0 Å². The Balaban J connectivity index is 0.949. The molecule has 404 valence electrons. The third-order valence-corrected chi connectivity index (χ3v) is 10.5. The molecule has 0 aliphatic carbocycles. The van der Waals surface area contributed by atoms with Crippen molar-refractivity contribution in [2.75, 3.05) is 63.5 Å². The highest BCUT2D eigenvalue weighted by molar-refractivity contribution is 6.04. The summed E-state index contributed by atoms with van der Waals surface area (Å²) < 4.78 is 18.3. The van der Waals surface area contributed by atoms with Crippen LogP contribution >= 0.6 is 0 Å². The minimum Gasteiger partial charge on any atom is -0.444 e. The molecule has 0 aliphatic rings. The predicted molar refractivity (Wildman–Crippen MR) is 275 cm³/mol. The van der Waals surface area contributed by atoms with Crippen LogP contribution in [0.25, 0.3) is 0 Å². The number of hydrogen-bond acceptors (Lipinski definition) is 14. The highest BCUT2D eigenvalue weighted by Gasteiger charge is 2.21. The van der Waals surface area contributed by atoms with Gasteiger partial charge in [-0.1, -0.05) is 0 Å². The number of carbonyl (C=O) groups is 9. The van der Waals surface area contributed by atoms with E-state index >= 15 is 0 Å². The van der Waals surface area contributed by atoms with Crippen molar-refractivity contribution in [2.45, 2.75) is 77.7 Å². The number of alkyl carbamates (subject to hydrolysis) is 1. The Morgan fingerprint density at radius 1 is 0.507 bits per heavy atom. The van der Waals surface area contributed by atoms with Crippen LogP contribution in [0.15, 0.2) is 49.3 Å². The Hall–Kier alpha value is -8.82. The average molecular weight is 1040 g/mol. The zero-order valence-corrected chi connectivity index (χ0v) is 43.2. The normalized spacial score (nSPS) is 11.0. The zero-order valence-electron chi connectivity index (χ0n) is 43.2. The van der Waals surface area contributed by atoms with Crippen molar-refractivity contribution >= 4 is 93.9 Å². The van der Waals surface area contributed by atoms with Gasteiger partial charge in [-0.15, -0.1) is 0 Å². The minimum absolute atomic E-state index is 0.0453. The third-order valence-electron chi connectivity index (χ3n) is 10.5. The SMILES string of the molecule is Cn1cc(NC(=O)c2nc(NC(=O)CCC(=O)Nc3cc(NC(=O)c4nccn4C)cn3C)cn2C)cc1NC(=O)CCC(=O)Nc1cn(C)c(NC(=O)CCC(=O)NCCCOCCCNC(=O)OC(C)(C)C)n1. The number of hydrogen-bond donors (Lipinski definition) is 9. The van der Waals surface area contributed by atoms with Crippen molar-refractivity contribution in [3.05, 3.63) is 61.0 Å². The second-order valence-corrected chi connectivity index (χ2v) is 18.2. The summed E-state index contributed by atoms with van der Waals surface area (Å²) in [5, 5.41) is 24.0. The maximum Gasteiger partial charge on any atom is 0.407 e. The lowest BCUT2D eigenvalue weighted by molar-refractivity contribution is -0.124. The van der Waals surface area contributed by atoms with Crippen molar-refractivity contribution in [3.63, 3.8) is 0 Å². The summed E-state index contributed by atoms with van der Waals surface area (Å²) in [6.07, 6.45) is 8.97. The van der Waals surface area contributed by atoms with Gasteiger partial charge in [0, 0.05) is 149 Å². The number of aryl methyl sites for hydroxylation is 5. The second kappa shape index (κ2) is 26.8. The Morgan fingerprint density at radius 2 is 0.973 bits per heavy atom. The van der Waals surface area contributed by atoms with Crippen LogP contribution in [0.2, 0.25) is 0 Å². The van der Waals surface area contributed by atoms with Gasteiger partial charge >= 0.3 is 6.09 Å². The summed E-state index contributed by atoms with van der Waals surface area (Å²) >= 11 is 0. The molecule has 5 rings (SSSR count). The van der Waals surface area contributed by atoms with E-state index in [4.69, 9.17) is 9.47 Å². The smallest absolute Gasteiger partial charge is 0.407 e. The number of carbonyl (C=O) groups excluding carboxylic acids is 9. The summed E-state index contributed by atoms with van der Waals surface area (Å²) in [5.41, 5.74) is 0.182. The molecule has 0 saturated heterocycles. The summed E-state index contributed by atoms with van der Waals surface area (Å²) in [7, 11) is 8.18. The Kier molecular flexibility index (Phi) is 20.4. The first-order valence-corrected chi connectivity index (χ1v) is 23.8. The zero-order chi connectivity index (χ0) is 54.8. The van der Waals surface area contributed by atoms with Crippen molar-refractivity contribution in [1.29, 1.82) is 0 Å². The number of imidazole rings is 3. The monoisotopic (exact) mass is 1040 g/mol. The second-order valence-electron chi connectivity index (χ2n) is 18.2. The number of aromatic nitrogens is 8. The molecule has 9 N–H and O–H groups in total. The van der Waals surface area contributed by atoms with Gasteiger partial charge in [-0.2, -0.15) is 4.98 Å². The van der Waals surface area contributed by atoms with Crippen LogP contribution < -0.4 is 47.9 Å². The summed E-state index contributed by atoms with van der Waals surface area (Å²) in [6.45, 7) is 6.97. The molecule has 28 heteroatoms. The molecule has 75 heavy (non-hydrogen) atoms. The van der Waals surface area contributed by atoms with Gasteiger partial charge in [0.2, 0.25) is 47.2 Å². The first-order valence-electron chi connectivity index (χ1n) is 23.8. The number of nitrogens with zero attached hydrogens (tertiary/aromatic N) is 8. The van der Waals surface area contributed by atoms with Gasteiger partial charge < -0.3 is 74.8 Å². The van der Waals surface area contributed by atoms with Gasteiger partial charge in [-0.25, -0.2) is 14.8 Å². The molecule has 0 radical (unpaired) electrons. The summed E-state index contributed by atoms with van der Waals surface area (Å²) in [5.74, 6) is -2.57. The molecular weight excluding hydrogens is 979 g/mol. The maximum absolute atomic E-state index is 13.2. The molecule has 0 aromatic carbocycles. The predicted octanol–water partition coefficient (Wildman–Crippen LogP) is 2.94. The number of amides is 9. The van der Waals surface area contributed by atoms with Crippen LogP contribution in [-0.2, 0) is 73.5 Å². The number of rotatable bonds is 26. The highest BCUT2D eigenvalue weighted by Crippen LogP contribution is 2.21. The van der Waals surface area contributed by atoms with E-state index in [9.17, 15) is 43.2 Å². The van der Waals surface area contributed by atoms with E-state index in [0.717, 1.165) is 0 Å². The van der Waals surface area contributed by atoms with Gasteiger partial charge in [-0.05, 0) is 33.6 Å². The van der Waals surface area contributed by atoms with Crippen molar-refractivity contribution in [1.82, 2.24) is 48.4 Å². The summed E-state index contributed by atoms with van der Waals surface area (Å²) in [4.78, 5) is 126. The summed E-state index contributed by atoms with van der Waals surface area (Å²) in [6, 6.07) is 3.08. The van der Waals surface area contributed by atoms with Crippen LogP contribution in [0, 0.1) is 0 Å². The Morgan fingerprint density at radius 3 is 1.49 bits per heavy atom. The molecule has 0 fully saturated rings. The molecule has 0 unspecified atom stereocenters. The van der Waals surface area contributed by atoms with E-state index in [1.54, 1.807) is 94.4 Å². The van der Waals surface area contributed by atoms with E-state index in [2.05, 4.69) is 62.8 Å². The fourth-order valence-corrected chi connectivity index (χ4v) is 6.81. The van der Waals surface area contributed by atoms with E-state index in [1.807, 2.05) is 0 Å². The molecule has 9 amide bonds. The van der Waals surface area contributed by atoms with Gasteiger partial charge in [0.05, 0.1) is 11.4 Å². The Bertz CT molecular complexity index is 2860. The van der Waals surface area contributed by atoms with E-state index in [-0.39, 0.29) is 73.7 Å². The van der Waals surface area contributed by atoms with Crippen molar-refractivity contribution in [2.24, 2.45) is 35.2 Å². The molecule has 0 saturated carbocycles. The molecule has 5 heterocycles. The average Bonchev–Trinajstić information content (AvgIpc) is 4.15. The number of anilines is 7. The lowest BCUT2D eigenvalue weighted by Gasteiger charge is -2.19. The first-order chi connectivity index (χ1) is 35.5. The van der Waals surface area contributed by atoms with E-state index in [1.165, 1.54) is 33.8 Å². The topological polar surface area (TPSA) is 344 Å². The van der Waals surface area contributed by atoms with Crippen LogP contribution in [0.1, 0.15) is 93.4 Å². The van der Waals surface area contributed by atoms with Gasteiger partial charge in [-0.3, -0.25) is 43.7 Å². The van der Waals surface area contributed by atoms with Crippen LogP contribution in [-0.4, -0.2) is 123 Å². The standard InChI is InChI=1S/C47H65N17O11/c1-47(2,3)75-46(73)50-18-10-22-74-21-9-17-48-35(65)11-12-40(70)59-45-56-32(28-64(45)8)54-37(67)14-16-39(69)58-34-24-30(26-62(34)6)52-44(72)42-55-31(27-63(42)7)53-36(66)13-15-38(68)57-33-23-29(25-61(33)5)51-43(71)41-49-19-20-60(41)4/h19-20,23-28H,9-18,21-22H2,1-8H3,(H,48,65)(H,50,73)(H,51,71)(H,52,72)(H,53,66)(H,54,67)(H,57,68)(H,58,69)(H,56,59,70). The number of nitrogens with one attached hydrogen (secondary N) is 9. The van der Waals surface area contributed by atoms with Crippen molar-refractivity contribution < 1.29 is 52.6 Å². The first kappa shape index (κ1) is 57.1. The third kappa shape index (κ3) is 18.9. The van der Waals surface area contributed by atoms with Crippen LogP contribution in [0.3, 0.4) is 0 Å². The highest BCUT2D eigenvalue weighted by atomic mass is 16.6. The largest absolute Gasteiger partial charge is 0.444 e. The quantitative estimate of drug-likeness (QED) is 0.0360. The fourth-order valence-electron chi connectivity index (χ4n) is 6.81. The number of ether oxygens (including phenoxy) is 2. The molecule has 0 aliphatic heterocycles. The van der Waals surface area contributed by atoms with Gasteiger partial charge in [0.25, 0.3) is 11.8 Å². The van der Waals surface area contributed by atoms with E-state index in [0.29, 0.717) is 62.2 Å². The lowest BCUT2D eigenvalue weighted by Crippen LogP contribution is -2.33. The molecule has 0 bridgehead atoms. The fraction of sp³-hybridized carbons (Fsp3) is 0.447. The molecule has 5 aromatic rings. The molecule has 28 nitrogen and oxygen atoms in total. The maximum atomic E-state index is 13.2. The van der Waals surface area contributed by atoms with E-state index < -0.39 is 53.0 Å². The lowest BCUT2D eigenvalue weighted by atomic mass is 10.2. The minimum atomic E-state index is -0.620. The van der Waals surface area contributed by atoms with Crippen LogP contribution in [0.4, 0.5) is 45.4 Å². The molecule has 0 spiro atoms. The van der Waals surface area contributed by atoms with Gasteiger partial charge in [0.1, 0.15) is 17.2 Å². The molecular formula is C47H65N17O11. The molecule has 5 aromatic heterocycles. The molecule has 0 atom stereocenters. The van der Waals surface area contributed by atoms with Gasteiger partial charge in [0.15, 0.2) is 17.5 Å².